The van der Waals surface area contributed by atoms with Crippen LogP contribution in [0.2, 0.25) is 0 Å². The Morgan fingerprint density at radius 2 is 1.80 bits per heavy atom. The number of carbonyl (C=O) groups excluding carboxylic acids is 2. The normalized spacial score (nSPS) is 21.9. The number of hydrogen-bond donors (Lipinski definition) is 1. The van der Waals surface area contributed by atoms with Crippen LogP contribution in [0.25, 0.3) is 0 Å². The van der Waals surface area contributed by atoms with Gasteiger partial charge in [-0.05, 0) is 47.6 Å². The van der Waals surface area contributed by atoms with Gasteiger partial charge >= 0.3 is 0 Å². The fourth-order valence-corrected chi connectivity index (χ4v) is 3.87. The highest BCUT2D eigenvalue weighted by Gasteiger charge is 2.47. The average Bonchev–Trinajstić information content (AvgIpc) is 2.45. The van der Waals surface area contributed by atoms with Gasteiger partial charge < -0.3 is 5.32 Å². The molecule has 1 saturated heterocycles. The van der Waals surface area contributed by atoms with E-state index in [1.807, 2.05) is 24.3 Å². The van der Waals surface area contributed by atoms with E-state index < -0.39 is 5.54 Å². The van der Waals surface area contributed by atoms with E-state index in [-0.39, 0.29) is 18.4 Å². The molecule has 0 radical (unpaired) electrons. The van der Waals surface area contributed by atoms with Crippen molar-refractivity contribution >= 4 is 40.1 Å². The van der Waals surface area contributed by atoms with Gasteiger partial charge in [0.15, 0.2) is 0 Å². The second kappa shape index (κ2) is 5.35. The Balaban J connectivity index is 1.97. The molecule has 0 atom stereocenters. The number of anilines is 1. The van der Waals surface area contributed by atoms with Crippen molar-refractivity contribution in [3.63, 3.8) is 0 Å². The van der Waals surface area contributed by atoms with Crippen LogP contribution in [0.4, 0.5) is 5.69 Å². The molecule has 1 aliphatic heterocycles. The second-order valence-electron chi connectivity index (χ2n) is 5.53. The Bertz CT molecular complexity index is 553. The quantitative estimate of drug-likeness (QED) is 0.757. The highest BCUT2D eigenvalue weighted by Crippen LogP contribution is 2.34. The van der Waals surface area contributed by atoms with Crippen LogP contribution >= 0.6 is 22.6 Å². The van der Waals surface area contributed by atoms with E-state index in [2.05, 4.69) is 27.9 Å². The Morgan fingerprint density at radius 3 is 2.50 bits per heavy atom. The summed E-state index contributed by atoms with van der Waals surface area (Å²) in [5, 5.41) is 2.97. The molecule has 2 fully saturated rings. The van der Waals surface area contributed by atoms with Crippen LogP contribution in [-0.4, -0.2) is 23.9 Å². The first-order valence-electron chi connectivity index (χ1n) is 7.00. The van der Waals surface area contributed by atoms with Crippen LogP contribution < -0.4 is 10.2 Å². The van der Waals surface area contributed by atoms with Crippen molar-refractivity contribution in [2.24, 2.45) is 0 Å². The lowest BCUT2D eigenvalue weighted by Crippen LogP contribution is -2.67. The molecule has 1 aromatic rings. The van der Waals surface area contributed by atoms with Crippen molar-refractivity contribution in [3.8, 4) is 0 Å². The maximum Gasteiger partial charge on any atom is 0.253 e. The van der Waals surface area contributed by atoms with Crippen molar-refractivity contribution < 1.29 is 9.59 Å². The fraction of sp³-hybridized carbons (Fsp3) is 0.467. The molecule has 1 heterocycles. The summed E-state index contributed by atoms with van der Waals surface area (Å²) >= 11 is 2.21. The molecular formula is C15H17IN2O2. The molecule has 0 bridgehead atoms. The minimum Gasteiger partial charge on any atom is -0.340 e. The highest BCUT2D eigenvalue weighted by atomic mass is 127. The number of nitrogens with zero attached hydrogens (tertiary/aromatic N) is 1. The molecule has 0 aromatic heterocycles. The van der Waals surface area contributed by atoms with Crippen LogP contribution in [0, 0.1) is 3.57 Å². The molecule has 3 rings (SSSR count). The Hall–Kier alpha value is -1.11. The van der Waals surface area contributed by atoms with Gasteiger partial charge in [-0.2, -0.15) is 0 Å². The molecule has 0 unspecified atom stereocenters. The maximum absolute atomic E-state index is 12.9. The van der Waals surface area contributed by atoms with E-state index in [0.717, 1.165) is 41.4 Å². The van der Waals surface area contributed by atoms with Crippen molar-refractivity contribution in [1.29, 1.82) is 0 Å². The van der Waals surface area contributed by atoms with Gasteiger partial charge in [-0.25, -0.2) is 0 Å². The zero-order valence-corrected chi connectivity index (χ0v) is 13.4. The van der Waals surface area contributed by atoms with Gasteiger partial charge in [0.25, 0.3) is 5.91 Å². The van der Waals surface area contributed by atoms with E-state index in [4.69, 9.17) is 0 Å². The van der Waals surface area contributed by atoms with Crippen molar-refractivity contribution in [3.05, 3.63) is 27.8 Å². The topological polar surface area (TPSA) is 49.4 Å². The largest absolute Gasteiger partial charge is 0.340 e. The summed E-state index contributed by atoms with van der Waals surface area (Å²) in [7, 11) is 0. The summed E-state index contributed by atoms with van der Waals surface area (Å²) < 4.78 is 0.999. The number of para-hydroxylation sites is 1. The average molecular weight is 384 g/mol. The van der Waals surface area contributed by atoms with Gasteiger partial charge in [-0.1, -0.05) is 31.4 Å². The summed E-state index contributed by atoms with van der Waals surface area (Å²) in [5.41, 5.74) is 0.185. The summed E-state index contributed by atoms with van der Waals surface area (Å²) in [6.45, 7) is 0.126. The summed E-state index contributed by atoms with van der Waals surface area (Å²) in [6, 6.07) is 7.72. The second-order valence-corrected chi connectivity index (χ2v) is 6.70. The van der Waals surface area contributed by atoms with Crippen LogP contribution in [0.5, 0.6) is 0 Å². The maximum atomic E-state index is 12.9. The number of halogens is 1. The Kier molecular flexibility index (Phi) is 3.70. The Labute approximate surface area is 132 Å². The molecule has 20 heavy (non-hydrogen) atoms. The molecule has 1 aromatic carbocycles. The zero-order valence-electron chi connectivity index (χ0n) is 11.2. The van der Waals surface area contributed by atoms with E-state index in [1.54, 1.807) is 4.90 Å². The number of rotatable bonds is 1. The summed E-state index contributed by atoms with van der Waals surface area (Å²) in [6.07, 6.45) is 4.68. The first kappa shape index (κ1) is 13.9. The van der Waals surface area contributed by atoms with Gasteiger partial charge in [0, 0.05) is 3.57 Å². The first-order valence-corrected chi connectivity index (χ1v) is 8.08. The number of nitrogens with one attached hydrogen (secondary N) is 1. The lowest BCUT2D eigenvalue weighted by molar-refractivity contribution is -0.137. The van der Waals surface area contributed by atoms with E-state index in [1.165, 1.54) is 0 Å². The lowest BCUT2D eigenvalue weighted by atomic mass is 9.79. The van der Waals surface area contributed by atoms with Gasteiger partial charge in [0.1, 0.15) is 12.1 Å². The lowest BCUT2D eigenvalue weighted by Gasteiger charge is -2.44. The molecule has 2 aliphatic rings. The summed E-state index contributed by atoms with van der Waals surface area (Å²) in [5.74, 6) is 0.00655. The van der Waals surface area contributed by atoms with Gasteiger partial charge in [-0.15, -0.1) is 0 Å². The molecule has 4 nitrogen and oxygen atoms in total. The predicted molar refractivity (Wildman–Crippen MR) is 85.5 cm³/mol. The first-order chi connectivity index (χ1) is 9.62. The third-order valence-corrected chi connectivity index (χ3v) is 5.10. The van der Waals surface area contributed by atoms with E-state index in [9.17, 15) is 9.59 Å². The van der Waals surface area contributed by atoms with Crippen molar-refractivity contribution in [1.82, 2.24) is 5.32 Å². The summed E-state index contributed by atoms with van der Waals surface area (Å²) in [4.78, 5) is 26.6. The molecule has 1 N–H and O–H groups in total. The number of amides is 2. The number of benzene rings is 1. The standard InChI is InChI=1S/C15H17IN2O2/c16-11-6-2-3-7-12(11)18-10-13(19)17-15(14(18)20)8-4-1-5-9-15/h2-3,6-7H,1,4-5,8-10H2,(H,17,19). The van der Waals surface area contributed by atoms with Crippen LogP contribution in [-0.2, 0) is 9.59 Å². The third kappa shape index (κ3) is 2.32. The highest BCUT2D eigenvalue weighted by molar-refractivity contribution is 14.1. The molecule has 2 amide bonds. The molecule has 1 aliphatic carbocycles. The third-order valence-electron chi connectivity index (χ3n) is 4.19. The van der Waals surface area contributed by atoms with E-state index >= 15 is 0 Å². The van der Waals surface area contributed by atoms with Gasteiger partial charge in [0.2, 0.25) is 5.91 Å². The van der Waals surface area contributed by atoms with Crippen molar-refractivity contribution in [2.45, 2.75) is 37.6 Å². The molecular weight excluding hydrogens is 367 g/mol. The number of carbonyl (C=O) groups is 2. The Morgan fingerprint density at radius 1 is 1.10 bits per heavy atom. The monoisotopic (exact) mass is 384 g/mol. The van der Waals surface area contributed by atoms with Crippen LogP contribution in [0.15, 0.2) is 24.3 Å². The molecule has 5 heteroatoms. The van der Waals surface area contributed by atoms with Crippen molar-refractivity contribution in [2.75, 3.05) is 11.4 Å². The molecule has 1 saturated carbocycles. The predicted octanol–water partition coefficient (Wildman–Crippen LogP) is 2.46. The minimum absolute atomic E-state index is 0.0499. The molecule has 106 valence electrons. The number of piperazine rings is 1. The molecule has 1 spiro atoms. The van der Waals surface area contributed by atoms with Gasteiger partial charge in [0.05, 0.1) is 5.69 Å². The minimum atomic E-state index is -0.660. The van der Waals surface area contributed by atoms with Gasteiger partial charge in [-0.3, -0.25) is 14.5 Å². The smallest absolute Gasteiger partial charge is 0.253 e. The van der Waals surface area contributed by atoms with Crippen LogP contribution in [0.3, 0.4) is 0 Å². The van der Waals surface area contributed by atoms with Crippen LogP contribution in [0.1, 0.15) is 32.1 Å². The van der Waals surface area contributed by atoms with E-state index in [0.29, 0.717) is 0 Å². The SMILES string of the molecule is O=C1CN(c2ccccc2I)C(=O)C2(CCCCC2)N1. The zero-order chi connectivity index (χ0) is 14.2. The number of hydrogen-bond acceptors (Lipinski definition) is 2. The fourth-order valence-electron chi connectivity index (χ4n) is 3.19.